The number of carbonyl (C=O) groups excluding carboxylic acids is 2. The Morgan fingerprint density at radius 1 is 1.05 bits per heavy atom. The molecule has 2 amide bonds. The van der Waals surface area contributed by atoms with Crippen LogP contribution in [0.2, 0.25) is 5.02 Å². The summed E-state index contributed by atoms with van der Waals surface area (Å²) in [6, 6.07) is 19.0. The zero-order valence-corrected chi connectivity index (χ0v) is 24.3. The van der Waals surface area contributed by atoms with Crippen molar-refractivity contribution in [2.45, 2.75) is 65.6 Å². The normalized spacial score (nSPS) is 16.3. The molecule has 0 saturated carbocycles. The predicted octanol–water partition coefficient (Wildman–Crippen LogP) is 7.13. The van der Waals surface area contributed by atoms with Crippen LogP contribution in [0.4, 0.5) is 5.69 Å². The van der Waals surface area contributed by atoms with E-state index in [9.17, 15) is 9.59 Å². The average molecular weight is 549 g/mol. The second-order valence-corrected chi connectivity index (χ2v) is 10.4. The van der Waals surface area contributed by atoms with E-state index in [-0.39, 0.29) is 36.4 Å². The zero-order chi connectivity index (χ0) is 28.3. The Kier molecular flexibility index (Phi) is 8.86. The number of carbonyl (C=O) groups is 2. The van der Waals surface area contributed by atoms with E-state index in [1.165, 1.54) is 0 Å². The van der Waals surface area contributed by atoms with Gasteiger partial charge in [-0.05, 0) is 85.8 Å². The molecule has 0 aromatic heterocycles. The number of ether oxygens (including phenoxy) is 2. The third-order valence-corrected chi connectivity index (χ3v) is 7.80. The topological polar surface area (TPSA) is 59.1 Å². The van der Waals surface area contributed by atoms with E-state index in [2.05, 4.69) is 6.92 Å². The molecule has 3 aromatic carbocycles. The molecule has 0 bridgehead atoms. The number of hydrogen-bond donors (Lipinski definition) is 0. The predicted molar refractivity (Wildman–Crippen MR) is 156 cm³/mol. The zero-order valence-electron chi connectivity index (χ0n) is 23.5. The maximum absolute atomic E-state index is 13.8. The molecular weight excluding hydrogens is 512 g/mol. The van der Waals surface area contributed by atoms with Gasteiger partial charge in [0, 0.05) is 24.2 Å². The number of amides is 2. The second-order valence-electron chi connectivity index (χ2n) is 10.0. The van der Waals surface area contributed by atoms with Gasteiger partial charge in [0.1, 0.15) is 0 Å². The minimum atomic E-state index is -0.378. The van der Waals surface area contributed by atoms with Crippen molar-refractivity contribution in [1.29, 1.82) is 0 Å². The Labute approximate surface area is 236 Å². The molecule has 1 aliphatic rings. The van der Waals surface area contributed by atoms with E-state index in [0.717, 1.165) is 34.4 Å². The minimum absolute atomic E-state index is 0.0134. The largest absolute Gasteiger partial charge is 0.493 e. The number of methoxy groups -OCH3 is 1. The number of benzene rings is 3. The van der Waals surface area contributed by atoms with Crippen LogP contribution in [0.25, 0.3) is 0 Å². The first kappa shape index (κ1) is 28.5. The van der Waals surface area contributed by atoms with Gasteiger partial charge in [-0.15, -0.1) is 0 Å². The van der Waals surface area contributed by atoms with E-state index in [1.807, 2.05) is 91.2 Å². The molecule has 0 saturated heterocycles. The van der Waals surface area contributed by atoms with Gasteiger partial charge in [-0.25, -0.2) is 0 Å². The van der Waals surface area contributed by atoms with E-state index in [4.69, 9.17) is 21.1 Å². The minimum Gasteiger partial charge on any atom is -0.493 e. The first-order valence-electron chi connectivity index (χ1n) is 13.5. The van der Waals surface area contributed by atoms with Gasteiger partial charge in [0.15, 0.2) is 11.5 Å². The molecule has 0 unspecified atom stereocenters. The lowest BCUT2D eigenvalue weighted by Gasteiger charge is -2.38. The molecule has 206 valence electrons. The molecule has 3 aromatic rings. The molecule has 6 nitrogen and oxygen atoms in total. The van der Waals surface area contributed by atoms with Crippen LogP contribution < -0.4 is 14.4 Å². The molecule has 1 heterocycles. The summed E-state index contributed by atoms with van der Waals surface area (Å²) < 4.78 is 11.9. The quantitative estimate of drug-likeness (QED) is 0.285. The first-order valence-corrected chi connectivity index (χ1v) is 13.9. The summed E-state index contributed by atoms with van der Waals surface area (Å²) in [5.74, 6) is 1.30. The van der Waals surface area contributed by atoms with Crippen LogP contribution in [0.1, 0.15) is 75.4 Å². The summed E-state index contributed by atoms with van der Waals surface area (Å²) in [6.45, 7) is 10.3. The van der Waals surface area contributed by atoms with E-state index in [0.29, 0.717) is 23.1 Å². The highest BCUT2D eigenvalue weighted by Crippen LogP contribution is 2.44. The van der Waals surface area contributed by atoms with E-state index >= 15 is 0 Å². The van der Waals surface area contributed by atoms with Crippen LogP contribution in [0.15, 0.2) is 60.7 Å². The lowest BCUT2D eigenvalue weighted by Crippen LogP contribution is -2.41. The molecule has 0 N–H and O–H groups in total. The van der Waals surface area contributed by atoms with Crippen molar-refractivity contribution < 1.29 is 19.1 Å². The van der Waals surface area contributed by atoms with Gasteiger partial charge in [-0.2, -0.15) is 0 Å². The SMILES string of the molecule is CC[C@@H](C)Oc1cc2c(cc1OC)CC(=O)N(c1ccc([C@@H](C)N(CC)C(C)=O)cc1)[C@@H]2c1ccc(Cl)cc1. The van der Waals surface area contributed by atoms with Gasteiger partial charge in [0.2, 0.25) is 11.8 Å². The van der Waals surface area contributed by atoms with Gasteiger partial charge >= 0.3 is 0 Å². The van der Waals surface area contributed by atoms with Gasteiger partial charge in [0.25, 0.3) is 0 Å². The van der Waals surface area contributed by atoms with Crippen molar-refractivity contribution in [2.75, 3.05) is 18.6 Å². The highest BCUT2D eigenvalue weighted by atomic mass is 35.5. The van der Waals surface area contributed by atoms with Gasteiger partial charge in [-0.1, -0.05) is 42.8 Å². The second kappa shape index (κ2) is 12.1. The van der Waals surface area contributed by atoms with Crippen LogP contribution in [-0.2, 0) is 16.0 Å². The number of hydrogen-bond acceptors (Lipinski definition) is 4. The summed E-state index contributed by atoms with van der Waals surface area (Å²) >= 11 is 6.23. The van der Waals surface area contributed by atoms with Gasteiger partial charge in [0.05, 0.1) is 31.7 Å². The van der Waals surface area contributed by atoms with Crippen molar-refractivity contribution in [3.63, 3.8) is 0 Å². The van der Waals surface area contributed by atoms with Crippen LogP contribution in [0.5, 0.6) is 11.5 Å². The number of nitrogens with zero attached hydrogens (tertiary/aromatic N) is 2. The van der Waals surface area contributed by atoms with Crippen molar-refractivity contribution in [1.82, 2.24) is 4.90 Å². The summed E-state index contributed by atoms with van der Waals surface area (Å²) in [5, 5.41) is 0.632. The van der Waals surface area contributed by atoms with Gasteiger partial charge in [-0.3, -0.25) is 9.59 Å². The Hall–Kier alpha value is -3.51. The molecule has 0 radical (unpaired) electrons. The molecule has 1 aliphatic heterocycles. The summed E-state index contributed by atoms with van der Waals surface area (Å²) in [7, 11) is 1.62. The number of rotatable bonds is 9. The molecule has 39 heavy (non-hydrogen) atoms. The number of fused-ring (bicyclic) bond motifs is 1. The van der Waals surface area contributed by atoms with Crippen LogP contribution in [0.3, 0.4) is 0 Å². The molecule has 0 aliphatic carbocycles. The smallest absolute Gasteiger partial charge is 0.232 e. The Morgan fingerprint density at radius 3 is 2.28 bits per heavy atom. The van der Waals surface area contributed by atoms with Crippen molar-refractivity contribution in [2.24, 2.45) is 0 Å². The molecule has 4 rings (SSSR count). The number of anilines is 1. The molecule has 7 heteroatoms. The first-order chi connectivity index (χ1) is 18.7. The Morgan fingerprint density at radius 2 is 1.72 bits per heavy atom. The van der Waals surface area contributed by atoms with Crippen molar-refractivity contribution >= 4 is 29.1 Å². The monoisotopic (exact) mass is 548 g/mol. The fourth-order valence-corrected chi connectivity index (χ4v) is 5.36. The lowest BCUT2D eigenvalue weighted by atomic mass is 9.86. The highest BCUT2D eigenvalue weighted by molar-refractivity contribution is 6.30. The highest BCUT2D eigenvalue weighted by Gasteiger charge is 2.36. The third-order valence-electron chi connectivity index (χ3n) is 7.54. The fourth-order valence-electron chi connectivity index (χ4n) is 5.24. The molecule has 0 spiro atoms. The molecule has 0 fully saturated rings. The third kappa shape index (κ3) is 5.91. The molecule has 3 atom stereocenters. The van der Waals surface area contributed by atoms with E-state index < -0.39 is 0 Å². The average Bonchev–Trinajstić information content (AvgIpc) is 2.93. The number of halogens is 1. The summed E-state index contributed by atoms with van der Waals surface area (Å²) in [6.07, 6.45) is 1.11. The van der Waals surface area contributed by atoms with Crippen LogP contribution in [0, 0.1) is 0 Å². The molecular formula is C32H37ClN2O4. The lowest BCUT2D eigenvalue weighted by molar-refractivity contribution is -0.130. The van der Waals surface area contributed by atoms with Crippen molar-refractivity contribution in [3.05, 3.63) is 87.9 Å². The standard InChI is InChI=1S/C32H37ClN2O4/c1-7-20(3)39-30-19-28-25(17-29(30)38-6)18-31(37)35(32(28)24-9-13-26(33)14-10-24)27-15-11-23(12-16-27)21(4)34(8-2)22(5)36/h9-17,19-21,32H,7-8,18H2,1-6H3/t20-,21-,32-/m1/s1. The maximum atomic E-state index is 13.8. The van der Waals surface area contributed by atoms with Crippen LogP contribution in [-0.4, -0.2) is 36.5 Å². The summed E-state index contributed by atoms with van der Waals surface area (Å²) in [5.41, 5.74) is 4.64. The Balaban J connectivity index is 1.82. The maximum Gasteiger partial charge on any atom is 0.232 e. The van der Waals surface area contributed by atoms with E-state index in [1.54, 1.807) is 14.0 Å². The van der Waals surface area contributed by atoms with Gasteiger partial charge < -0.3 is 19.3 Å². The Bertz CT molecular complexity index is 1320. The summed E-state index contributed by atoms with van der Waals surface area (Å²) in [4.78, 5) is 29.5. The van der Waals surface area contributed by atoms with Crippen LogP contribution >= 0.6 is 11.6 Å². The van der Waals surface area contributed by atoms with Crippen molar-refractivity contribution in [3.8, 4) is 11.5 Å². The fraction of sp³-hybridized carbons (Fsp3) is 0.375.